The molecule has 0 radical (unpaired) electrons. The predicted molar refractivity (Wildman–Crippen MR) is 125 cm³/mol. The number of rotatable bonds is 9. The van der Waals surface area contributed by atoms with E-state index in [1.165, 1.54) is 18.1 Å². The minimum absolute atomic E-state index is 0.0951. The molecule has 3 aromatic rings. The number of ether oxygens (including phenoxy) is 3. The van der Waals surface area contributed by atoms with Crippen LogP contribution in [0.1, 0.15) is 5.56 Å². The van der Waals surface area contributed by atoms with E-state index < -0.39 is 5.91 Å². The third-order valence-electron chi connectivity index (χ3n) is 5.08. The van der Waals surface area contributed by atoms with Crippen LogP contribution in [0, 0.1) is 0 Å². The zero-order valence-electron chi connectivity index (χ0n) is 19.2. The highest BCUT2D eigenvalue weighted by Gasteiger charge is 2.18. The van der Waals surface area contributed by atoms with Gasteiger partial charge in [0, 0.05) is 18.7 Å². The summed E-state index contributed by atoms with van der Waals surface area (Å²) in [7, 11) is 1.50. The van der Waals surface area contributed by atoms with Crippen molar-refractivity contribution in [3.8, 4) is 22.9 Å². The molecule has 1 aliphatic heterocycles. The number of methoxy groups -OCH3 is 1. The Kier molecular flexibility index (Phi) is 7.96. The molecule has 0 unspecified atom stereocenters. The number of hydrogen-bond acceptors (Lipinski definition) is 9. The summed E-state index contributed by atoms with van der Waals surface area (Å²) >= 11 is 0. The summed E-state index contributed by atoms with van der Waals surface area (Å²) in [6, 6.07) is 14.5. The number of nitrogens with one attached hydrogen (secondary N) is 1. The number of carbonyl (C=O) groups excluding carboxylic acids is 2. The number of morpholine rings is 1. The largest absolute Gasteiger partial charge is 0.493 e. The van der Waals surface area contributed by atoms with Crippen molar-refractivity contribution < 1.29 is 23.8 Å². The second kappa shape index (κ2) is 11.7. The second-order valence-corrected chi connectivity index (χ2v) is 7.49. The fraction of sp³-hybridized carbons (Fsp3) is 0.304. The molecule has 0 spiro atoms. The second-order valence-electron chi connectivity index (χ2n) is 7.49. The van der Waals surface area contributed by atoms with Gasteiger partial charge in [-0.3, -0.25) is 9.59 Å². The first kappa shape index (κ1) is 23.8. The minimum atomic E-state index is -0.410. The van der Waals surface area contributed by atoms with Crippen LogP contribution in [0.25, 0.3) is 11.4 Å². The molecule has 1 fully saturated rings. The molecule has 0 aliphatic carbocycles. The Morgan fingerprint density at radius 2 is 1.94 bits per heavy atom. The Balaban J connectivity index is 1.28. The van der Waals surface area contributed by atoms with Crippen molar-refractivity contribution in [1.82, 2.24) is 30.5 Å². The zero-order chi connectivity index (χ0) is 24.5. The van der Waals surface area contributed by atoms with Gasteiger partial charge in [-0.2, -0.15) is 9.90 Å². The van der Waals surface area contributed by atoms with Crippen molar-refractivity contribution in [2.75, 3.05) is 40.0 Å². The number of aromatic nitrogens is 4. The van der Waals surface area contributed by atoms with Gasteiger partial charge in [0.1, 0.15) is 6.54 Å². The molecule has 12 heteroatoms. The molecule has 0 bridgehead atoms. The number of amides is 2. The van der Waals surface area contributed by atoms with E-state index in [1.807, 2.05) is 30.3 Å². The standard InChI is InChI=1S/C23H25N7O5/c1-33-20-13-17(7-8-19(20)35-16-22(32)29-9-11-34-12-10-29)14-24-25-21(31)15-30-27-23(26-28-30)18-5-3-2-4-6-18/h2-8,13-14H,9-12,15-16H2,1H3,(H,25,31)/b24-14+. The van der Waals surface area contributed by atoms with Gasteiger partial charge in [-0.25, -0.2) is 5.43 Å². The fourth-order valence-electron chi connectivity index (χ4n) is 3.28. The van der Waals surface area contributed by atoms with Crippen molar-refractivity contribution in [2.45, 2.75) is 6.54 Å². The van der Waals surface area contributed by atoms with Crippen LogP contribution in [-0.2, 0) is 20.9 Å². The zero-order valence-corrected chi connectivity index (χ0v) is 19.2. The number of tetrazole rings is 1. The summed E-state index contributed by atoms with van der Waals surface area (Å²) in [6.07, 6.45) is 1.47. The van der Waals surface area contributed by atoms with Crippen molar-refractivity contribution >= 4 is 18.0 Å². The van der Waals surface area contributed by atoms with Gasteiger partial charge in [-0.15, -0.1) is 10.2 Å². The summed E-state index contributed by atoms with van der Waals surface area (Å²) in [5, 5.41) is 16.0. The Morgan fingerprint density at radius 1 is 1.14 bits per heavy atom. The normalized spacial score (nSPS) is 13.6. The van der Waals surface area contributed by atoms with Gasteiger partial charge in [-0.05, 0) is 29.0 Å². The maximum atomic E-state index is 12.3. The fourth-order valence-corrected chi connectivity index (χ4v) is 3.28. The highest BCUT2D eigenvalue weighted by Crippen LogP contribution is 2.27. The summed E-state index contributed by atoms with van der Waals surface area (Å²) in [4.78, 5) is 27.3. The van der Waals surface area contributed by atoms with E-state index in [-0.39, 0.29) is 19.1 Å². The van der Waals surface area contributed by atoms with Crippen LogP contribution >= 0.6 is 0 Å². The molecule has 0 saturated carbocycles. The lowest BCUT2D eigenvalue weighted by Crippen LogP contribution is -2.43. The van der Waals surface area contributed by atoms with Crippen LogP contribution in [0.5, 0.6) is 11.5 Å². The van der Waals surface area contributed by atoms with E-state index in [0.29, 0.717) is 49.2 Å². The molecule has 1 aromatic heterocycles. The summed E-state index contributed by atoms with van der Waals surface area (Å²) in [5.74, 6) is 0.785. The molecule has 2 aromatic carbocycles. The number of hydrogen-bond donors (Lipinski definition) is 1. The van der Waals surface area contributed by atoms with Crippen molar-refractivity contribution in [3.05, 3.63) is 54.1 Å². The van der Waals surface area contributed by atoms with E-state index in [1.54, 1.807) is 23.1 Å². The van der Waals surface area contributed by atoms with E-state index in [2.05, 4.69) is 25.9 Å². The average Bonchev–Trinajstić information content (AvgIpc) is 3.37. The van der Waals surface area contributed by atoms with E-state index in [9.17, 15) is 9.59 Å². The summed E-state index contributed by atoms with van der Waals surface area (Å²) < 4.78 is 16.3. The van der Waals surface area contributed by atoms with Gasteiger partial charge in [0.15, 0.2) is 18.1 Å². The minimum Gasteiger partial charge on any atom is -0.493 e. The molecule has 35 heavy (non-hydrogen) atoms. The summed E-state index contributed by atoms with van der Waals surface area (Å²) in [5.41, 5.74) is 3.90. The van der Waals surface area contributed by atoms with Crippen LogP contribution in [-0.4, -0.2) is 83.2 Å². The van der Waals surface area contributed by atoms with Crippen LogP contribution in [0.2, 0.25) is 0 Å². The average molecular weight is 479 g/mol. The van der Waals surface area contributed by atoms with Gasteiger partial charge in [0.05, 0.1) is 26.5 Å². The Labute approximate surface area is 201 Å². The van der Waals surface area contributed by atoms with Gasteiger partial charge < -0.3 is 19.1 Å². The molecular weight excluding hydrogens is 454 g/mol. The number of benzene rings is 2. The lowest BCUT2D eigenvalue weighted by molar-refractivity contribution is -0.137. The molecule has 4 rings (SSSR count). The number of carbonyl (C=O) groups is 2. The highest BCUT2D eigenvalue weighted by molar-refractivity contribution is 5.83. The molecule has 1 saturated heterocycles. The smallest absolute Gasteiger partial charge is 0.263 e. The quantitative estimate of drug-likeness (QED) is 0.351. The molecule has 0 atom stereocenters. The van der Waals surface area contributed by atoms with E-state index in [0.717, 1.165) is 5.56 Å². The first-order chi connectivity index (χ1) is 17.1. The van der Waals surface area contributed by atoms with Crippen molar-refractivity contribution in [1.29, 1.82) is 0 Å². The lowest BCUT2D eigenvalue weighted by atomic mass is 10.2. The molecule has 182 valence electrons. The first-order valence-electron chi connectivity index (χ1n) is 10.9. The lowest BCUT2D eigenvalue weighted by Gasteiger charge is -2.26. The SMILES string of the molecule is COc1cc(/C=N/NC(=O)Cn2nnc(-c3ccccc3)n2)ccc1OCC(=O)N1CCOCC1. The molecule has 12 nitrogen and oxygen atoms in total. The van der Waals surface area contributed by atoms with Gasteiger partial charge in [0.2, 0.25) is 5.82 Å². The maximum Gasteiger partial charge on any atom is 0.263 e. The van der Waals surface area contributed by atoms with Crippen LogP contribution in [0.3, 0.4) is 0 Å². The molecule has 2 heterocycles. The number of hydrazone groups is 1. The maximum absolute atomic E-state index is 12.3. The Morgan fingerprint density at radius 3 is 2.71 bits per heavy atom. The molecular formula is C23H25N7O5. The summed E-state index contributed by atoms with van der Waals surface area (Å²) in [6.45, 7) is 1.95. The van der Waals surface area contributed by atoms with Crippen LogP contribution in [0.15, 0.2) is 53.6 Å². The van der Waals surface area contributed by atoms with Gasteiger partial charge in [-0.1, -0.05) is 30.3 Å². The molecule has 2 amide bonds. The van der Waals surface area contributed by atoms with E-state index >= 15 is 0 Å². The first-order valence-corrected chi connectivity index (χ1v) is 10.9. The van der Waals surface area contributed by atoms with Gasteiger partial charge in [0.25, 0.3) is 11.8 Å². The highest BCUT2D eigenvalue weighted by atomic mass is 16.5. The Hall–Kier alpha value is -4.32. The number of nitrogens with zero attached hydrogens (tertiary/aromatic N) is 6. The van der Waals surface area contributed by atoms with Crippen LogP contribution in [0.4, 0.5) is 0 Å². The third-order valence-corrected chi connectivity index (χ3v) is 5.08. The van der Waals surface area contributed by atoms with Crippen molar-refractivity contribution in [3.63, 3.8) is 0 Å². The van der Waals surface area contributed by atoms with Gasteiger partial charge >= 0.3 is 0 Å². The molecule has 1 aliphatic rings. The Bertz CT molecular complexity index is 1180. The third kappa shape index (κ3) is 6.60. The molecule has 1 N–H and O–H groups in total. The van der Waals surface area contributed by atoms with Crippen LogP contribution < -0.4 is 14.9 Å². The van der Waals surface area contributed by atoms with Crippen molar-refractivity contribution in [2.24, 2.45) is 5.10 Å². The monoisotopic (exact) mass is 479 g/mol. The van der Waals surface area contributed by atoms with E-state index in [4.69, 9.17) is 14.2 Å². The topological polar surface area (TPSA) is 133 Å². The predicted octanol–water partition coefficient (Wildman–Crippen LogP) is 0.737.